The largest absolute Gasteiger partial charge is 0.383 e. The number of fused-ring (bicyclic) bond motifs is 3. The van der Waals surface area contributed by atoms with Crippen LogP contribution < -0.4 is 11.1 Å². The van der Waals surface area contributed by atoms with Crippen LogP contribution in [0.4, 0.5) is 11.6 Å². The minimum Gasteiger partial charge on any atom is -0.383 e. The van der Waals surface area contributed by atoms with Crippen molar-refractivity contribution in [2.24, 2.45) is 0 Å². The molecule has 1 aromatic carbocycles. The normalized spacial score (nSPS) is 13.7. The van der Waals surface area contributed by atoms with Gasteiger partial charge in [-0.15, -0.1) is 0 Å². The Balaban J connectivity index is 1.16. The molecule has 1 saturated carbocycles. The third kappa shape index (κ3) is 3.83. The number of pyridine rings is 2. The number of imidazole rings is 1. The molecule has 37 heavy (non-hydrogen) atoms. The maximum atomic E-state index is 6.11. The maximum Gasteiger partial charge on any atom is 0.198 e. The fourth-order valence-corrected chi connectivity index (χ4v) is 5.20. The van der Waals surface area contributed by atoms with E-state index in [9.17, 15) is 0 Å². The number of nitrogens with zero attached hydrogens (tertiary/aromatic N) is 7. The fraction of sp³-hybridized carbons (Fsp3) is 0.250. The summed E-state index contributed by atoms with van der Waals surface area (Å²) < 4.78 is 3.89. The van der Waals surface area contributed by atoms with E-state index < -0.39 is 0 Å². The van der Waals surface area contributed by atoms with Crippen LogP contribution in [0.1, 0.15) is 52.5 Å². The summed E-state index contributed by atoms with van der Waals surface area (Å²) >= 11 is 0. The summed E-state index contributed by atoms with van der Waals surface area (Å²) in [5, 5.41) is 10.3. The van der Waals surface area contributed by atoms with Gasteiger partial charge in [-0.3, -0.25) is 0 Å². The average molecular weight is 490 g/mol. The number of aryl methyl sites for hydroxylation is 2. The Labute approximate surface area is 213 Å². The SMILES string of the molecule is Cc1cc2c(N)nccc2c(C)c1CNc1nccn2nc(Cc3cn4cc(C5CC5)ccc4n3)nc12. The van der Waals surface area contributed by atoms with Gasteiger partial charge in [0, 0.05) is 42.9 Å². The van der Waals surface area contributed by atoms with Crippen molar-refractivity contribution in [2.45, 2.75) is 45.6 Å². The molecule has 7 rings (SSSR count). The van der Waals surface area contributed by atoms with Gasteiger partial charge in [0.2, 0.25) is 0 Å². The molecule has 5 heterocycles. The summed E-state index contributed by atoms with van der Waals surface area (Å²) in [6.07, 6.45) is 12.7. The summed E-state index contributed by atoms with van der Waals surface area (Å²) in [5.74, 6) is 2.67. The first-order chi connectivity index (χ1) is 18.0. The molecule has 9 nitrogen and oxygen atoms in total. The van der Waals surface area contributed by atoms with Crippen LogP contribution in [-0.2, 0) is 13.0 Å². The minimum absolute atomic E-state index is 0.555. The highest BCUT2D eigenvalue weighted by atomic mass is 15.3. The molecule has 1 aliphatic rings. The second kappa shape index (κ2) is 8.26. The van der Waals surface area contributed by atoms with Crippen LogP contribution in [-0.4, -0.2) is 34.0 Å². The first-order valence-electron chi connectivity index (χ1n) is 12.6. The van der Waals surface area contributed by atoms with Crippen LogP contribution in [0.3, 0.4) is 0 Å². The highest BCUT2D eigenvalue weighted by molar-refractivity contribution is 5.94. The molecule has 0 amide bonds. The summed E-state index contributed by atoms with van der Waals surface area (Å²) in [4.78, 5) is 18.4. The lowest BCUT2D eigenvalue weighted by molar-refractivity contribution is 0.884. The lowest BCUT2D eigenvalue weighted by Crippen LogP contribution is -2.07. The molecular weight excluding hydrogens is 462 g/mol. The Bertz CT molecular complexity index is 1810. The molecule has 6 aromatic rings. The van der Waals surface area contributed by atoms with Crippen LogP contribution in [0.5, 0.6) is 0 Å². The van der Waals surface area contributed by atoms with Crippen LogP contribution in [0, 0.1) is 13.8 Å². The van der Waals surface area contributed by atoms with Crippen LogP contribution in [0.2, 0.25) is 0 Å². The van der Waals surface area contributed by atoms with E-state index in [4.69, 9.17) is 20.8 Å². The third-order valence-electron chi connectivity index (χ3n) is 7.36. The lowest BCUT2D eigenvalue weighted by atomic mass is 9.96. The Morgan fingerprint density at radius 3 is 2.78 bits per heavy atom. The Kier molecular flexibility index (Phi) is 4.85. The van der Waals surface area contributed by atoms with Gasteiger partial charge in [-0.1, -0.05) is 6.07 Å². The first-order valence-corrected chi connectivity index (χ1v) is 12.6. The molecule has 0 radical (unpaired) electrons. The monoisotopic (exact) mass is 489 g/mol. The van der Waals surface area contributed by atoms with Gasteiger partial charge < -0.3 is 15.5 Å². The topological polar surface area (TPSA) is 111 Å². The molecular formula is C28H27N9. The van der Waals surface area contributed by atoms with Gasteiger partial charge in [0.25, 0.3) is 0 Å². The molecule has 3 N–H and O–H groups in total. The van der Waals surface area contributed by atoms with Crippen LogP contribution >= 0.6 is 0 Å². The zero-order chi connectivity index (χ0) is 25.1. The Hall–Kier alpha value is -4.53. The first kappa shape index (κ1) is 21.7. The van der Waals surface area contributed by atoms with Crippen molar-refractivity contribution in [1.82, 2.24) is 34.0 Å². The number of nitrogens with one attached hydrogen (secondary N) is 1. The number of hydrogen-bond acceptors (Lipinski definition) is 7. The molecule has 0 bridgehead atoms. The molecule has 184 valence electrons. The average Bonchev–Trinajstić information content (AvgIpc) is 3.53. The van der Waals surface area contributed by atoms with E-state index in [0.29, 0.717) is 42.0 Å². The number of aromatic nitrogens is 7. The molecule has 0 aliphatic heterocycles. The smallest absolute Gasteiger partial charge is 0.198 e. The van der Waals surface area contributed by atoms with E-state index in [1.165, 1.54) is 29.5 Å². The maximum absolute atomic E-state index is 6.11. The Morgan fingerprint density at radius 1 is 1.03 bits per heavy atom. The quantitative estimate of drug-likeness (QED) is 0.352. The third-order valence-corrected chi connectivity index (χ3v) is 7.36. The van der Waals surface area contributed by atoms with Crippen molar-refractivity contribution < 1.29 is 0 Å². The molecule has 9 heteroatoms. The van der Waals surface area contributed by atoms with Crippen LogP contribution in [0.25, 0.3) is 22.1 Å². The van der Waals surface area contributed by atoms with Crippen LogP contribution in [0.15, 0.2) is 55.2 Å². The van der Waals surface area contributed by atoms with E-state index in [-0.39, 0.29) is 0 Å². The highest BCUT2D eigenvalue weighted by Gasteiger charge is 2.24. The van der Waals surface area contributed by atoms with Gasteiger partial charge in [0.05, 0.1) is 12.1 Å². The molecule has 0 unspecified atom stereocenters. The summed E-state index contributed by atoms with van der Waals surface area (Å²) in [6.45, 7) is 4.83. The van der Waals surface area contributed by atoms with Crippen molar-refractivity contribution in [3.63, 3.8) is 0 Å². The van der Waals surface area contributed by atoms with Gasteiger partial charge in [-0.05, 0) is 78.4 Å². The number of nitrogen functional groups attached to an aromatic ring is 1. The number of anilines is 2. The number of benzene rings is 1. The molecule has 0 saturated heterocycles. The Morgan fingerprint density at radius 2 is 1.92 bits per heavy atom. The van der Waals surface area contributed by atoms with Crippen molar-refractivity contribution >= 4 is 33.7 Å². The van der Waals surface area contributed by atoms with Gasteiger partial charge >= 0.3 is 0 Å². The lowest BCUT2D eigenvalue weighted by Gasteiger charge is -2.15. The van der Waals surface area contributed by atoms with Gasteiger partial charge in [0.1, 0.15) is 11.5 Å². The zero-order valence-corrected chi connectivity index (χ0v) is 20.8. The van der Waals surface area contributed by atoms with Crippen molar-refractivity contribution in [2.75, 3.05) is 11.1 Å². The molecule has 1 fully saturated rings. The standard InChI is InChI=1S/C28H27N9/c1-16-11-22-21(7-8-30-26(22)29)17(2)23(16)13-32-27-28-34-24(35-37(28)10-9-31-27)12-20-15-36-14-19(18-3-4-18)5-6-25(36)33-20/h5-11,14-15,18H,3-4,12-13H2,1-2H3,(H2,29,30)(H,31,32). The fourth-order valence-electron chi connectivity index (χ4n) is 5.20. The zero-order valence-electron chi connectivity index (χ0n) is 20.8. The van der Waals surface area contributed by atoms with E-state index in [1.807, 2.05) is 12.3 Å². The van der Waals surface area contributed by atoms with Crippen molar-refractivity contribution in [3.05, 3.63) is 89.0 Å². The summed E-state index contributed by atoms with van der Waals surface area (Å²) in [5.41, 5.74) is 13.6. The highest BCUT2D eigenvalue weighted by Crippen LogP contribution is 2.40. The van der Waals surface area contributed by atoms with Gasteiger partial charge in [-0.25, -0.2) is 24.5 Å². The van der Waals surface area contributed by atoms with Crippen molar-refractivity contribution in [1.29, 1.82) is 0 Å². The second-order valence-electron chi connectivity index (χ2n) is 9.93. The van der Waals surface area contributed by atoms with E-state index in [1.54, 1.807) is 16.9 Å². The van der Waals surface area contributed by atoms with Gasteiger partial charge in [0.15, 0.2) is 17.3 Å². The minimum atomic E-state index is 0.555. The molecule has 0 spiro atoms. The van der Waals surface area contributed by atoms with Gasteiger partial charge in [-0.2, -0.15) is 5.10 Å². The van der Waals surface area contributed by atoms with Crippen molar-refractivity contribution in [3.8, 4) is 0 Å². The summed E-state index contributed by atoms with van der Waals surface area (Å²) in [6, 6.07) is 8.41. The van der Waals surface area contributed by atoms with E-state index >= 15 is 0 Å². The molecule has 1 aliphatic carbocycles. The predicted molar refractivity (Wildman–Crippen MR) is 144 cm³/mol. The second-order valence-corrected chi connectivity index (χ2v) is 9.93. The number of hydrogen-bond donors (Lipinski definition) is 2. The summed E-state index contributed by atoms with van der Waals surface area (Å²) in [7, 11) is 0. The number of nitrogens with two attached hydrogens (primary N) is 1. The molecule has 0 atom stereocenters. The molecule has 5 aromatic heterocycles. The predicted octanol–water partition coefficient (Wildman–Crippen LogP) is 4.60. The van der Waals surface area contributed by atoms with E-state index in [0.717, 1.165) is 27.7 Å². The number of rotatable bonds is 6. The van der Waals surface area contributed by atoms with E-state index in [2.05, 4.69) is 64.1 Å².